The molecular formula is C30H24BNO2. The predicted octanol–water partition coefficient (Wildman–Crippen LogP) is 6.20. The first kappa shape index (κ1) is 18.7. The van der Waals surface area contributed by atoms with Crippen molar-refractivity contribution in [2.24, 2.45) is 0 Å². The van der Waals surface area contributed by atoms with Crippen LogP contribution >= 0.6 is 0 Å². The van der Waals surface area contributed by atoms with E-state index in [-0.39, 0.29) is 6.10 Å². The Morgan fingerprint density at radius 1 is 0.706 bits per heavy atom. The quantitative estimate of drug-likeness (QED) is 0.289. The average Bonchev–Trinajstić information content (AvgIpc) is 3.23. The number of benzene rings is 4. The van der Waals surface area contributed by atoms with Gasteiger partial charge in [0.05, 0.1) is 22.8 Å². The van der Waals surface area contributed by atoms with Gasteiger partial charge >= 0.3 is 0 Å². The maximum Gasteiger partial charge on any atom is 0.230 e. The number of aromatic nitrogens is 1. The zero-order valence-corrected chi connectivity index (χ0v) is 18.9. The molecule has 2 atom stereocenters. The third-order valence-electron chi connectivity index (χ3n) is 8.17. The van der Waals surface area contributed by atoms with Gasteiger partial charge in [0, 0.05) is 28.4 Å². The SMILES string of the molecule is c1ccc2c(c1)Oc1cc(-n3c4ccccc4c4ccccc43)cc3c1B2C1CCCCC1O3. The molecule has 3 nitrogen and oxygen atoms in total. The van der Waals surface area contributed by atoms with E-state index < -0.39 is 0 Å². The summed E-state index contributed by atoms with van der Waals surface area (Å²) < 4.78 is 15.7. The number of para-hydroxylation sites is 3. The fourth-order valence-corrected chi connectivity index (χ4v) is 6.77. The molecule has 5 aromatic rings. The van der Waals surface area contributed by atoms with Gasteiger partial charge in [0.1, 0.15) is 17.2 Å². The summed E-state index contributed by atoms with van der Waals surface area (Å²) in [6.07, 6.45) is 5.17. The molecule has 1 aromatic heterocycles. The Morgan fingerprint density at radius 2 is 1.38 bits per heavy atom. The summed E-state index contributed by atoms with van der Waals surface area (Å²) in [4.78, 5) is 0. The Kier molecular flexibility index (Phi) is 3.82. The van der Waals surface area contributed by atoms with E-state index >= 15 is 0 Å². The second-order valence-corrected chi connectivity index (χ2v) is 9.95. The Balaban J connectivity index is 1.41. The third kappa shape index (κ3) is 2.49. The number of hydrogen-bond donors (Lipinski definition) is 0. The molecule has 1 fully saturated rings. The molecule has 1 aliphatic carbocycles. The molecule has 8 rings (SSSR count). The molecule has 0 saturated heterocycles. The predicted molar refractivity (Wildman–Crippen MR) is 139 cm³/mol. The van der Waals surface area contributed by atoms with Crippen molar-refractivity contribution in [1.29, 1.82) is 0 Å². The summed E-state index contributed by atoms with van der Waals surface area (Å²) in [6, 6.07) is 30.4. The topological polar surface area (TPSA) is 23.4 Å². The molecule has 0 bridgehead atoms. The largest absolute Gasteiger partial charge is 0.491 e. The van der Waals surface area contributed by atoms with Crippen LogP contribution in [0.3, 0.4) is 0 Å². The highest BCUT2D eigenvalue weighted by Gasteiger charge is 2.47. The standard InChI is InChI=1S/C30H24BNO2/c1-5-13-24-20(9-1)21-10-2-6-14-25(21)32(24)19-17-28-30-29(18-19)34-27-16-8-4-12-23(27)31(30)22-11-3-7-15-26(22)33-28/h1-3,5-7,9-11,13-15,17-18,23,27H,4,8,12,16H2. The van der Waals surface area contributed by atoms with E-state index in [9.17, 15) is 0 Å². The highest BCUT2D eigenvalue weighted by Crippen LogP contribution is 2.45. The van der Waals surface area contributed by atoms with Gasteiger partial charge in [0.2, 0.25) is 6.71 Å². The lowest BCUT2D eigenvalue weighted by atomic mass is 9.29. The minimum Gasteiger partial charge on any atom is -0.491 e. The molecule has 34 heavy (non-hydrogen) atoms. The molecule has 0 radical (unpaired) electrons. The second kappa shape index (κ2) is 6.93. The van der Waals surface area contributed by atoms with Crippen molar-refractivity contribution in [2.45, 2.75) is 37.6 Å². The van der Waals surface area contributed by atoms with Gasteiger partial charge in [0.15, 0.2) is 0 Å². The van der Waals surface area contributed by atoms with Gasteiger partial charge in [-0.25, -0.2) is 0 Å². The van der Waals surface area contributed by atoms with Crippen molar-refractivity contribution in [1.82, 2.24) is 4.57 Å². The summed E-state index contributed by atoms with van der Waals surface area (Å²) in [5.41, 5.74) is 6.07. The van der Waals surface area contributed by atoms with Crippen molar-refractivity contribution in [3.8, 4) is 22.9 Å². The molecule has 1 saturated carbocycles. The number of nitrogens with zero attached hydrogens (tertiary/aromatic N) is 1. The highest BCUT2D eigenvalue weighted by atomic mass is 16.5. The molecule has 3 aliphatic rings. The van der Waals surface area contributed by atoms with Gasteiger partial charge in [-0.3, -0.25) is 0 Å². The lowest BCUT2D eigenvalue weighted by Crippen LogP contribution is -2.57. The van der Waals surface area contributed by atoms with Gasteiger partial charge in [0.25, 0.3) is 0 Å². The molecule has 4 heteroatoms. The van der Waals surface area contributed by atoms with Crippen LogP contribution in [0.1, 0.15) is 25.7 Å². The monoisotopic (exact) mass is 441 g/mol. The van der Waals surface area contributed by atoms with Crippen LogP contribution in [0.15, 0.2) is 84.9 Å². The zero-order valence-electron chi connectivity index (χ0n) is 18.9. The average molecular weight is 441 g/mol. The maximum atomic E-state index is 6.77. The van der Waals surface area contributed by atoms with Crippen LogP contribution in [0.4, 0.5) is 0 Å². The van der Waals surface area contributed by atoms with Crippen molar-refractivity contribution >= 4 is 39.4 Å². The summed E-state index contributed by atoms with van der Waals surface area (Å²) in [5, 5.41) is 2.53. The van der Waals surface area contributed by atoms with Crippen molar-refractivity contribution < 1.29 is 9.47 Å². The molecule has 4 aromatic carbocycles. The normalized spacial score (nSPS) is 20.3. The minimum absolute atomic E-state index is 0.277. The third-order valence-corrected chi connectivity index (χ3v) is 8.17. The van der Waals surface area contributed by atoms with Crippen molar-refractivity contribution in [3.63, 3.8) is 0 Å². The molecule has 0 amide bonds. The van der Waals surface area contributed by atoms with E-state index in [2.05, 4.69) is 89.5 Å². The van der Waals surface area contributed by atoms with Crippen molar-refractivity contribution in [3.05, 3.63) is 84.9 Å². The summed E-state index contributed by atoms with van der Waals surface area (Å²) >= 11 is 0. The Morgan fingerprint density at radius 3 is 2.21 bits per heavy atom. The summed E-state index contributed by atoms with van der Waals surface area (Å²) in [6.45, 7) is 0.348. The van der Waals surface area contributed by atoms with Crippen LogP contribution < -0.4 is 20.4 Å². The van der Waals surface area contributed by atoms with Crippen LogP contribution in [0.5, 0.6) is 17.2 Å². The van der Waals surface area contributed by atoms with Crippen LogP contribution in [0.25, 0.3) is 27.5 Å². The fourth-order valence-electron chi connectivity index (χ4n) is 6.77. The van der Waals surface area contributed by atoms with Crippen LogP contribution in [0, 0.1) is 0 Å². The first-order valence-corrected chi connectivity index (χ1v) is 12.5. The minimum atomic E-state index is 0.277. The number of rotatable bonds is 1. The molecule has 2 unspecified atom stereocenters. The summed E-state index contributed by atoms with van der Waals surface area (Å²) in [5.74, 6) is 3.46. The van der Waals surface area contributed by atoms with E-state index in [0.29, 0.717) is 12.5 Å². The van der Waals surface area contributed by atoms with E-state index in [1.165, 1.54) is 52.0 Å². The van der Waals surface area contributed by atoms with Gasteiger partial charge in [-0.1, -0.05) is 67.4 Å². The van der Waals surface area contributed by atoms with E-state index in [4.69, 9.17) is 9.47 Å². The van der Waals surface area contributed by atoms with Gasteiger partial charge in [-0.2, -0.15) is 0 Å². The first-order chi connectivity index (χ1) is 16.9. The summed E-state index contributed by atoms with van der Waals surface area (Å²) in [7, 11) is 0. The first-order valence-electron chi connectivity index (χ1n) is 12.5. The molecular weight excluding hydrogens is 417 g/mol. The number of hydrogen-bond acceptors (Lipinski definition) is 2. The Labute approximate surface area is 199 Å². The number of ether oxygens (including phenoxy) is 2. The fraction of sp³-hybridized carbons (Fsp3) is 0.200. The second-order valence-electron chi connectivity index (χ2n) is 9.95. The lowest BCUT2D eigenvalue weighted by molar-refractivity contribution is 0.149. The van der Waals surface area contributed by atoms with Gasteiger partial charge in [-0.15, -0.1) is 0 Å². The Bertz CT molecular complexity index is 1550. The smallest absolute Gasteiger partial charge is 0.230 e. The molecule has 0 N–H and O–H groups in total. The van der Waals surface area contributed by atoms with Crippen LogP contribution in [-0.4, -0.2) is 17.4 Å². The maximum absolute atomic E-state index is 6.77. The molecule has 164 valence electrons. The van der Waals surface area contributed by atoms with Gasteiger partial charge in [-0.05, 0) is 42.3 Å². The van der Waals surface area contributed by atoms with Crippen LogP contribution in [-0.2, 0) is 0 Å². The molecule has 2 aliphatic heterocycles. The molecule has 0 spiro atoms. The van der Waals surface area contributed by atoms with E-state index in [1.807, 2.05) is 0 Å². The highest BCUT2D eigenvalue weighted by molar-refractivity contribution is 6.89. The van der Waals surface area contributed by atoms with Crippen LogP contribution in [0.2, 0.25) is 5.82 Å². The van der Waals surface area contributed by atoms with Gasteiger partial charge < -0.3 is 14.0 Å². The zero-order chi connectivity index (χ0) is 22.2. The number of fused-ring (bicyclic) bond motifs is 7. The van der Waals surface area contributed by atoms with Crippen molar-refractivity contribution in [2.75, 3.05) is 0 Å². The van der Waals surface area contributed by atoms with E-state index in [1.54, 1.807) is 0 Å². The van der Waals surface area contributed by atoms with E-state index in [0.717, 1.165) is 29.4 Å². The Hall–Kier alpha value is -3.66. The molecule has 3 heterocycles. The lowest BCUT2D eigenvalue weighted by Gasteiger charge is -2.43.